The van der Waals surface area contributed by atoms with Gasteiger partial charge in [0.15, 0.2) is 0 Å². The molecular weight excluding hydrogens is 180 g/mol. The number of carboxylic acid groups (broad SMARTS) is 1. The van der Waals surface area contributed by atoms with Gasteiger partial charge in [-0.15, -0.1) is 0 Å². The van der Waals surface area contributed by atoms with Crippen LogP contribution in [0.1, 0.15) is 39.0 Å². The maximum atomic E-state index is 10.4. The minimum atomic E-state index is -0.885. The Morgan fingerprint density at radius 2 is 2.14 bits per heavy atom. The van der Waals surface area contributed by atoms with Gasteiger partial charge in [0.05, 0.1) is 5.60 Å². The van der Waals surface area contributed by atoms with Gasteiger partial charge in [-0.2, -0.15) is 0 Å². The van der Waals surface area contributed by atoms with Gasteiger partial charge in [0.1, 0.15) is 6.61 Å². The molecule has 0 fully saturated rings. The molecule has 1 unspecified atom stereocenters. The van der Waals surface area contributed by atoms with E-state index in [-0.39, 0.29) is 12.2 Å². The first-order valence-corrected chi connectivity index (χ1v) is 5.13. The van der Waals surface area contributed by atoms with Crippen LogP contribution in [0.2, 0.25) is 0 Å². The standard InChI is InChI=1S/C11H18O3/c1-11(14-9-10(12)13)7-5-3-2-4-6-8-11/h2-3H,4-9H2,1H3,(H,12,13). The normalized spacial score (nSPS) is 28.1. The van der Waals surface area contributed by atoms with Crippen LogP contribution in [-0.4, -0.2) is 23.3 Å². The smallest absolute Gasteiger partial charge is 0.329 e. The monoisotopic (exact) mass is 198 g/mol. The van der Waals surface area contributed by atoms with Gasteiger partial charge >= 0.3 is 5.97 Å². The van der Waals surface area contributed by atoms with Crippen LogP contribution in [-0.2, 0) is 9.53 Å². The van der Waals surface area contributed by atoms with Crippen LogP contribution in [0.3, 0.4) is 0 Å². The van der Waals surface area contributed by atoms with Crippen molar-refractivity contribution in [2.45, 2.75) is 44.6 Å². The number of hydrogen-bond donors (Lipinski definition) is 1. The van der Waals surface area contributed by atoms with Gasteiger partial charge in [-0.1, -0.05) is 12.2 Å². The molecule has 0 radical (unpaired) electrons. The van der Waals surface area contributed by atoms with E-state index in [1.54, 1.807) is 0 Å². The summed E-state index contributed by atoms with van der Waals surface area (Å²) in [6.07, 6.45) is 9.34. The highest BCUT2D eigenvalue weighted by molar-refractivity contribution is 5.68. The summed E-state index contributed by atoms with van der Waals surface area (Å²) in [4.78, 5) is 10.4. The van der Waals surface area contributed by atoms with Gasteiger partial charge in [-0.05, 0) is 39.0 Å². The summed E-state index contributed by atoms with van der Waals surface area (Å²) < 4.78 is 5.43. The van der Waals surface area contributed by atoms with Crippen molar-refractivity contribution in [2.75, 3.05) is 6.61 Å². The first kappa shape index (κ1) is 11.2. The zero-order valence-corrected chi connectivity index (χ0v) is 8.66. The van der Waals surface area contributed by atoms with E-state index < -0.39 is 5.97 Å². The number of carbonyl (C=O) groups is 1. The van der Waals surface area contributed by atoms with Crippen LogP contribution >= 0.6 is 0 Å². The zero-order chi connectivity index (χ0) is 10.4. The molecule has 14 heavy (non-hydrogen) atoms. The van der Waals surface area contributed by atoms with Gasteiger partial charge in [0.25, 0.3) is 0 Å². The Kier molecular flexibility index (Phi) is 4.14. The van der Waals surface area contributed by atoms with Gasteiger partial charge in [0.2, 0.25) is 0 Å². The predicted octanol–water partition coefficient (Wildman–Crippen LogP) is 2.37. The minimum Gasteiger partial charge on any atom is -0.480 e. The molecule has 0 aromatic rings. The maximum Gasteiger partial charge on any atom is 0.329 e. The molecule has 1 rings (SSSR count). The van der Waals surface area contributed by atoms with Crippen molar-refractivity contribution in [3.8, 4) is 0 Å². The van der Waals surface area contributed by atoms with E-state index >= 15 is 0 Å². The third-order valence-electron chi connectivity index (χ3n) is 2.63. The van der Waals surface area contributed by atoms with Crippen LogP contribution in [0.15, 0.2) is 12.2 Å². The highest BCUT2D eigenvalue weighted by Crippen LogP contribution is 2.26. The van der Waals surface area contributed by atoms with Gasteiger partial charge < -0.3 is 9.84 Å². The van der Waals surface area contributed by atoms with Crippen molar-refractivity contribution in [2.24, 2.45) is 0 Å². The molecule has 0 saturated heterocycles. The number of hydrogen-bond acceptors (Lipinski definition) is 2. The van der Waals surface area contributed by atoms with Crippen LogP contribution < -0.4 is 0 Å². The average Bonchev–Trinajstić information content (AvgIpc) is 2.09. The molecular formula is C11H18O3. The van der Waals surface area contributed by atoms with Crippen molar-refractivity contribution in [1.29, 1.82) is 0 Å². The van der Waals surface area contributed by atoms with E-state index in [9.17, 15) is 4.79 Å². The van der Waals surface area contributed by atoms with Crippen LogP contribution in [0.4, 0.5) is 0 Å². The molecule has 0 aromatic carbocycles. The SMILES string of the molecule is CC1(OCC(=O)O)CCC=CCCC1. The summed E-state index contributed by atoms with van der Waals surface area (Å²) in [7, 11) is 0. The molecule has 0 saturated carbocycles. The predicted molar refractivity (Wildman–Crippen MR) is 54.2 cm³/mol. The fourth-order valence-electron chi connectivity index (χ4n) is 1.72. The second kappa shape index (κ2) is 5.15. The molecule has 0 bridgehead atoms. The van der Waals surface area contributed by atoms with Gasteiger partial charge in [-0.25, -0.2) is 4.79 Å². The summed E-state index contributed by atoms with van der Waals surface area (Å²) in [5.41, 5.74) is -0.247. The zero-order valence-electron chi connectivity index (χ0n) is 8.66. The van der Waals surface area contributed by atoms with Crippen molar-refractivity contribution in [3.05, 3.63) is 12.2 Å². The highest BCUT2D eigenvalue weighted by atomic mass is 16.5. The summed E-state index contributed by atoms with van der Waals surface area (Å²) >= 11 is 0. The largest absolute Gasteiger partial charge is 0.480 e. The second-order valence-corrected chi connectivity index (χ2v) is 4.03. The number of allylic oxidation sites excluding steroid dienone is 2. The summed E-state index contributed by atoms with van der Waals surface area (Å²) in [6, 6.07) is 0. The molecule has 1 atom stereocenters. The molecule has 0 amide bonds. The Bertz CT molecular complexity index is 223. The van der Waals surface area contributed by atoms with Crippen LogP contribution in [0, 0.1) is 0 Å². The quantitative estimate of drug-likeness (QED) is 0.708. The van der Waals surface area contributed by atoms with Crippen molar-refractivity contribution in [1.82, 2.24) is 0 Å². The lowest BCUT2D eigenvalue weighted by Gasteiger charge is -2.29. The van der Waals surface area contributed by atoms with E-state index in [1.165, 1.54) is 0 Å². The lowest BCUT2D eigenvalue weighted by Crippen LogP contribution is -2.31. The van der Waals surface area contributed by atoms with E-state index in [0.717, 1.165) is 32.1 Å². The molecule has 1 N–H and O–H groups in total. The van der Waals surface area contributed by atoms with Crippen LogP contribution in [0.25, 0.3) is 0 Å². The maximum absolute atomic E-state index is 10.4. The van der Waals surface area contributed by atoms with Crippen molar-refractivity contribution in [3.63, 3.8) is 0 Å². The summed E-state index contributed by atoms with van der Waals surface area (Å²) in [5, 5.41) is 8.55. The minimum absolute atomic E-state index is 0.180. The van der Waals surface area contributed by atoms with E-state index in [4.69, 9.17) is 9.84 Å². The van der Waals surface area contributed by atoms with Crippen molar-refractivity contribution < 1.29 is 14.6 Å². The summed E-state index contributed by atoms with van der Waals surface area (Å²) in [6.45, 7) is 1.83. The van der Waals surface area contributed by atoms with Crippen molar-refractivity contribution >= 4 is 5.97 Å². The first-order valence-electron chi connectivity index (χ1n) is 5.13. The number of aliphatic carboxylic acids is 1. The van der Waals surface area contributed by atoms with Crippen LogP contribution in [0.5, 0.6) is 0 Å². The molecule has 1 aliphatic carbocycles. The van der Waals surface area contributed by atoms with Gasteiger partial charge in [0, 0.05) is 0 Å². The fraction of sp³-hybridized carbons (Fsp3) is 0.727. The Morgan fingerprint density at radius 3 is 2.86 bits per heavy atom. The van der Waals surface area contributed by atoms with Gasteiger partial charge in [-0.3, -0.25) is 0 Å². The molecule has 0 spiro atoms. The molecule has 0 aliphatic heterocycles. The Hall–Kier alpha value is -0.830. The molecule has 3 nitrogen and oxygen atoms in total. The Morgan fingerprint density at radius 1 is 1.43 bits per heavy atom. The second-order valence-electron chi connectivity index (χ2n) is 4.03. The molecule has 0 aromatic heterocycles. The number of rotatable bonds is 3. The lowest BCUT2D eigenvalue weighted by atomic mass is 9.91. The first-order chi connectivity index (χ1) is 6.62. The Labute approximate surface area is 84.8 Å². The third kappa shape index (κ3) is 3.92. The fourth-order valence-corrected chi connectivity index (χ4v) is 1.72. The number of ether oxygens (including phenoxy) is 1. The highest BCUT2D eigenvalue weighted by Gasteiger charge is 2.25. The molecule has 80 valence electrons. The Balaban J connectivity index is 2.44. The molecule has 3 heteroatoms. The lowest BCUT2D eigenvalue weighted by molar-refractivity contribution is -0.149. The summed E-state index contributed by atoms with van der Waals surface area (Å²) in [5.74, 6) is -0.885. The van der Waals surface area contributed by atoms with E-state index in [0.29, 0.717) is 0 Å². The number of carboxylic acids is 1. The third-order valence-corrected chi connectivity index (χ3v) is 2.63. The average molecular weight is 198 g/mol. The van der Waals surface area contributed by atoms with E-state index in [2.05, 4.69) is 12.2 Å². The topological polar surface area (TPSA) is 46.5 Å². The molecule has 0 heterocycles. The molecule has 1 aliphatic rings. The van der Waals surface area contributed by atoms with E-state index in [1.807, 2.05) is 6.92 Å².